The number of hydrogen-bond donors (Lipinski definition) is 0. The van der Waals surface area contributed by atoms with E-state index >= 15 is 0 Å². The molecule has 1 atom stereocenters. The van der Waals surface area contributed by atoms with Crippen LogP contribution in [0.15, 0.2) is 0 Å². The Bertz CT molecular complexity index is 294. The Balaban J connectivity index is 4.47. The first kappa shape index (κ1) is 13.4. The van der Waals surface area contributed by atoms with Gasteiger partial charge >= 0.3 is 0 Å². The molecule has 80 valence electrons. The quantitative estimate of drug-likeness (QED) is 0.615. The molecule has 0 rings (SSSR count). The first-order valence-corrected chi connectivity index (χ1v) is 4.63. The molecule has 0 bridgehead atoms. The van der Waals surface area contributed by atoms with Crippen LogP contribution in [0.25, 0.3) is 0 Å². The topological polar surface area (TPSA) is 89.8 Å². The van der Waals surface area contributed by atoms with Crippen molar-refractivity contribution in [3.8, 4) is 18.2 Å². The Morgan fingerprint density at radius 2 is 1.87 bits per heavy atom. The molecule has 0 heterocycles. The third-order valence-electron chi connectivity index (χ3n) is 1.72. The van der Waals surface area contributed by atoms with E-state index in [9.17, 15) is 0 Å². The Morgan fingerprint density at radius 3 is 2.27 bits per heavy atom. The molecular formula is C10H13N3O2. The van der Waals surface area contributed by atoms with Crippen LogP contribution in [0.4, 0.5) is 0 Å². The zero-order valence-corrected chi connectivity index (χ0v) is 8.86. The molecule has 0 N–H and O–H groups in total. The second-order valence-corrected chi connectivity index (χ2v) is 2.85. The zero-order chi connectivity index (χ0) is 11.7. The predicted octanol–water partition coefficient (Wildman–Crippen LogP) is 1.48. The largest absolute Gasteiger partial charge is 0.353 e. The Hall–Kier alpha value is -1.61. The van der Waals surface area contributed by atoms with Crippen LogP contribution in [0.5, 0.6) is 0 Å². The summed E-state index contributed by atoms with van der Waals surface area (Å²) in [6.07, 6.45) is -0.471. The van der Waals surface area contributed by atoms with E-state index in [1.54, 1.807) is 26.0 Å². The van der Waals surface area contributed by atoms with E-state index in [-0.39, 0.29) is 12.8 Å². The van der Waals surface area contributed by atoms with E-state index in [0.717, 1.165) is 0 Å². The fourth-order valence-electron chi connectivity index (χ4n) is 1.03. The average Bonchev–Trinajstić information content (AvgIpc) is 2.25. The number of ether oxygens (including phenoxy) is 2. The Morgan fingerprint density at radius 1 is 1.27 bits per heavy atom. The molecule has 0 aromatic carbocycles. The minimum atomic E-state index is -1.58. The maximum atomic E-state index is 8.86. The zero-order valence-electron chi connectivity index (χ0n) is 8.86. The van der Waals surface area contributed by atoms with Crippen LogP contribution in [0.2, 0.25) is 0 Å². The normalized spacial score (nSPS) is 12.2. The molecule has 5 nitrogen and oxygen atoms in total. The summed E-state index contributed by atoms with van der Waals surface area (Å²) in [5.74, 6) is 0. The fourth-order valence-corrected chi connectivity index (χ4v) is 1.03. The highest BCUT2D eigenvalue weighted by molar-refractivity contribution is 5.18. The van der Waals surface area contributed by atoms with Gasteiger partial charge in [-0.1, -0.05) is 0 Å². The summed E-state index contributed by atoms with van der Waals surface area (Å²) in [5.41, 5.74) is -1.58. The summed E-state index contributed by atoms with van der Waals surface area (Å²) in [6.45, 7) is 3.83. The number of nitriles is 3. The van der Waals surface area contributed by atoms with Crippen molar-refractivity contribution in [1.82, 2.24) is 0 Å². The second-order valence-electron chi connectivity index (χ2n) is 2.85. The van der Waals surface area contributed by atoms with Gasteiger partial charge in [0.2, 0.25) is 5.60 Å². The summed E-state index contributed by atoms with van der Waals surface area (Å²) in [6, 6.07) is 5.42. The van der Waals surface area contributed by atoms with Crippen LogP contribution >= 0.6 is 0 Å². The molecule has 0 radical (unpaired) electrons. The van der Waals surface area contributed by atoms with Gasteiger partial charge in [0.25, 0.3) is 0 Å². The van der Waals surface area contributed by atoms with Crippen LogP contribution in [0, 0.1) is 34.0 Å². The maximum absolute atomic E-state index is 8.86. The molecule has 0 spiro atoms. The van der Waals surface area contributed by atoms with Gasteiger partial charge in [-0.25, -0.2) is 0 Å². The van der Waals surface area contributed by atoms with Crippen molar-refractivity contribution in [2.75, 3.05) is 6.61 Å². The van der Waals surface area contributed by atoms with Gasteiger partial charge in [0.15, 0.2) is 6.29 Å². The highest BCUT2D eigenvalue weighted by atomic mass is 16.7. The molecule has 0 aromatic heterocycles. The molecule has 5 heteroatoms. The van der Waals surface area contributed by atoms with Crippen LogP contribution < -0.4 is 0 Å². The molecular weight excluding hydrogens is 194 g/mol. The van der Waals surface area contributed by atoms with Crippen molar-refractivity contribution in [2.24, 2.45) is 0 Å². The lowest BCUT2D eigenvalue weighted by Crippen LogP contribution is -2.34. The van der Waals surface area contributed by atoms with Gasteiger partial charge in [-0.15, -0.1) is 0 Å². The SMILES string of the molecule is CCOC(C)OC(C#N)(C#N)CCC#N. The monoisotopic (exact) mass is 207 g/mol. The molecule has 0 amide bonds. The van der Waals surface area contributed by atoms with Crippen molar-refractivity contribution < 1.29 is 9.47 Å². The second kappa shape index (κ2) is 6.79. The fraction of sp³-hybridized carbons (Fsp3) is 0.700. The van der Waals surface area contributed by atoms with Gasteiger partial charge < -0.3 is 9.47 Å². The van der Waals surface area contributed by atoms with Gasteiger partial charge in [-0.2, -0.15) is 15.8 Å². The highest BCUT2D eigenvalue weighted by Gasteiger charge is 2.33. The summed E-state index contributed by atoms with van der Waals surface area (Å²) in [5, 5.41) is 26.1. The van der Waals surface area contributed by atoms with Crippen molar-refractivity contribution in [1.29, 1.82) is 15.8 Å². The van der Waals surface area contributed by atoms with E-state index < -0.39 is 11.9 Å². The van der Waals surface area contributed by atoms with Gasteiger partial charge in [0.1, 0.15) is 12.1 Å². The molecule has 0 aliphatic heterocycles. The van der Waals surface area contributed by atoms with Crippen molar-refractivity contribution in [2.45, 2.75) is 38.6 Å². The highest BCUT2D eigenvalue weighted by Crippen LogP contribution is 2.19. The summed E-state index contributed by atoms with van der Waals surface area (Å²) < 4.78 is 10.3. The van der Waals surface area contributed by atoms with Crippen molar-refractivity contribution >= 4 is 0 Å². The minimum Gasteiger partial charge on any atom is -0.353 e. The standard InChI is InChI=1S/C10H13N3O2/c1-3-14-9(2)15-10(7-12,8-13)5-4-6-11/h9H,3-5H2,1-2H3. The van der Waals surface area contributed by atoms with E-state index in [0.29, 0.717) is 6.61 Å². The molecule has 0 aromatic rings. The first-order valence-electron chi connectivity index (χ1n) is 4.63. The van der Waals surface area contributed by atoms with Gasteiger partial charge in [0, 0.05) is 19.4 Å². The van der Waals surface area contributed by atoms with Crippen molar-refractivity contribution in [3.05, 3.63) is 0 Å². The predicted molar refractivity (Wildman–Crippen MR) is 51.0 cm³/mol. The lowest BCUT2D eigenvalue weighted by molar-refractivity contribution is -0.165. The van der Waals surface area contributed by atoms with E-state index in [1.807, 2.05) is 6.07 Å². The number of nitrogens with zero attached hydrogens (tertiary/aromatic N) is 3. The molecule has 0 fully saturated rings. The first-order chi connectivity index (χ1) is 7.14. The van der Waals surface area contributed by atoms with Crippen LogP contribution in [0.1, 0.15) is 26.7 Å². The smallest absolute Gasteiger partial charge is 0.244 e. The minimum absolute atomic E-state index is 0.0634. The van der Waals surface area contributed by atoms with Crippen molar-refractivity contribution in [3.63, 3.8) is 0 Å². The summed E-state index contributed by atoms with van der Waals surface area (Å²) in [7, 11) is 0. The van der Waals surface area contributed by atoms with Crippen LogP contribution in [-0.4, -0.2) is 18.5 Å². The van der Waals surface area contributed by atoms with Crippen LogP contribution in [-0.2, 0) is 9.47 Å². The van der Waals surface area contributed by atoms with Gasteiger partial charge in [-0.3, -0.25) is 0 Å². The maximum Gasteiger partial charge on any atom is 0.244 e. The summed E-state index contributed by atoms with van der Waals surface area (Å²) in [4.78, 5) is 0. The molecule has 15 heavy (non-hydrogen) atoms. The molecule has 0 aliphatic carbocycles. The molecule has 0 aliphatic rings. The number of hydrogen-bond acceptors (Lipinski definition) is 5. The lowest BCUT2D eigenvalue weighted by atomic mass is 10.0. The molecule has 1 unspecified atom stereocenters. The van der Waals surface area contributed by atoms with Gasteiger partial charge in [-0.05, 0) is 13.8 Å². The molecule has 0 saturated heterocycles. The van der Waals surface area contributed by atoms with E-state index in [4.69, 9.17) is 25.3 Å². The third kappa shape index (κ3) is 4.42. The van der Waals surface area contributed by atoms with E-state index in [2.05, 4.69) is 0 Å². The summed E-state index contributed by atoms with van der Waals surface area (Å²) >= 11 is 0. The van der Waals surface area contributed by atoms with E-state index in [1.165, 1.54) is 0 Å². The average molecular weight is 207 g/mol. The Labute approximate surface area is 89.4 Å². The van der Waals surface area contributed by atoms with Gasteiger partial charge in [0.05, 0.1) is 6.07 Å². The van der Waals surface area contributed by atoms with Crippen LogP contribution in [0.3, 0.4) is 0 Å². The molecule has 0 saturated carbocycles. The Kier molecular flexibility index (Phi) is 6.06. The third-order valence-corrected chi connectivity index (χ3v) is 1.72. The number of rotatable bonds is 6. The lowest BCUT2D eigenvalue weighted by Gasteiger charge is -2.22.